The number of amides is 3. The Balaban J connectivity index is 1.62. The molecule has 0 aliphatic carbocycles. The minimum Gasteiger partial charge on any atom is -0.467 e. The zero-order valence-corrected chi connectivity index (χ0v) is 25.0. The molecule has 1 heterocycles. The van der Waals surface area contributed by atoms with Crippen LogP contribution in [0.1, 0.15) is 43.8 Å². The van der Waals surface area contributed by atoms with E-state index in [1.54, 1.807) is 24.3 Å². The summed E-state index contributed by atoms with van der Waals surface area (Å²) in [6.45, 7) is 3.69. The van der Waals surface area contributed by atoms with Crippen molar-refractivity contribution in [3.05, 3.63) is 156 Å². The summed E-state index contributed by atoms with van der Waals surface area (Å²) in [5.74, 6) is -2.40. The van der Waals surface area contributed by atoms with Gasteiger partial charge in [-0.2, -0.15) is 0 Å². The van der Waals surface area contributed by atoms with E-state index in [2.05, 4.69) is 11.9 Å². The van der Waals surface area contributed by atoms with Crippen LogP contribution in [0.15, 0.2) is 128 Å². The third-order valence-electron chi connectivity index (χ3n) is 7.64. The second kappa shape index (κ2) is 13.6. The number of imide groups is 1. The zero-order chi connectivity index (χ0) is 31.1. The summed E-state index contributed by atoms with van der Waals surface area (Å²) in [4.78, 5) is 55.0. The van der Waals surface area contributed by atoms with Gasteiger partial charge in [-0.25, -0.2) is 4.79 Å². The molecule has 222 valence electrons. The van der Waals surface area contributed by atoms with Crippen molar-refractivity contribution in [2.45, 2.75) is 23.3 Å². The van der Waals surface area contributed by atoms with Crippen molar-refractivity contribution >= 4 is 35.5 Å². The van der Waals surface area contributed by atoms with Crippen LogP contribution in [0, 0.1) is 0 Å². The molecule has 4 aromatic carbocycles. The summed E-state index contributed by atoms with van der Waals surface area (Å²) in [5.41, 5.74) is 3.35. The van der Waals surface area contributed by atoms with Gasteiger partial charge in [0.2, 0.25) is 5.91 Å². The molecule has 7 nitrogen and oxygen atoms in total. The molecule has 0 spiro atoms. The van der Waals surface area contributed by atoms with E-state index in [4.69, 9.17) is 4.74 Å². The quantitative estimate of drug-likeness (QED) is 0.0978. The molecule has 0 aromatic heterocycles. The van der Waals surface area contributed by atoms with E-state index < -0.39 is 40.5 Å². The Hall–Kier alpha value is -4.95. The van der Waals surface area contributed by atoms with Crippen molar-refractivity contribution in [3.63, 3.8) is 0 Å². The van der Waals surface area contributed by atoms with Gasteiger partial charge in [-0.1, -0.05) is 109 Å². The van der Waals surface area contributed by atoms with Crippen molar-refractivity contribution in [2.75, 3.05) is 12.9 Å². The summed E-state index contributed by atoms with van der Waals surface area (Å²) in [6.07, 6.45) is 1.61. The summed E-state index contributed by atoms with van der Waals surface area (Å²) in [5, 5.41) is 2.72. The maximum atomic E-state index is 14.1. The molecule has 1 aliphatic heterocycles. The van der Waals surface area contributed by atoms with Crippen molar-refractivity contribution in [2.24, 2.45) is 0 Å². The van der Waals surface area contributed by atoms with Gasteiger partial charge in [0.05, 0.1) is 23.0 Å². The number of fused-ring (bicyclic) bond motifs is 1. The first-order valence-corrected chi connectivity index (χ1v) is 15.2. The van der Waals surface area contributed by atoms with Gasteiger partial charge in [0.15, 0.2) is 0 Å². The lowest BCUT2D eigenvalue weighted by atomic mass is 9.84. The number of carbonyl (C=O) groups is 4. The molecule has 0 unspecified atom stereocenters. The Morgan fingerprint density at radius 2 is 1.23 bits per heavy atom. The number of ether oxygens (including phenoxy) is 1. The Labute approximate surface area is 260 Å². The number of methoxy groups -OCH3 is 1. The molecule has 0 fully saturated rings. The molecule has 0 saturated carbocycles. The minimum absolute atomic E-state index is 0.0258. The Bertz CT molecular complexity index is 1530. The van der Waals surface area contributed by atoms with Gasteiger partial charge in [-0.15, -0.1) is 18.3 Å². The van der Waals surface area contributed by atoms with Crippen molar-refractivity contribution < 1.29 is 23.9 Å². The molecule has 0 saturated heterocycles. The van der Waals surface area contributed by atoms with E-state index in [0.29, 0.717) is 0 Å². The maximum Gasteiger partial charge on any atom is 0.328 e. The summed E-state index contributed by atoms with van der Waals surface area (Å²) < 4.78 is 4.08. The third kappa shape index (κ3) is 5.81. The summed E-state index contributed by atoms with van der Waals surface area (Å²) in [7, 11) is 1.23. The lowest BCUT2D eigenvalue weighted by Crippen LogP contribution is -2.55. The average molecular weight is 605 g/mol. The predicted molar refractivity (Wildman–Crippen MR) is 171 cm³/mol. The molecule has 1 N–H and O–H groups in total. The van der Waals surface area contributed by atoms with Crippen molar-refractivity contribution in [1.82, 2.24) is 10.2 Å². The van der Waals surface area contributed by atoms with Crippen LogP contribution in [0.5, 0.6) is 0 Å². The minimum atomic E-state index is -1.25. The highest BCUT2D eigenvalue weighted by Crippen LogP contribution is 2.49. The lowest BCUT2D eigenvalue weighted by Gasteiger charge is -2.37. The summed E-state index contributed by atoms with van der Waals surface area (Å²) in [6, 6.07) is 34.0. The first-order valence-electron chi connectivity index (χ1n) is 14.2. The van der Waals surface area contributed by atoms with Crippen molar-refractivity contribution in [3.8, 4) is 0 Å². The maximum absolute atomic E-state index is 14.1. The van der Waals surface area contributed by atoms with Crippen LogP contribution in [0.4, 0.5) is 0 Å². The molecular weight excluding hydrogens is 572 g/mol. The van der Waals surface area contributed by atoms with Crippen LogP contribution in [-0.2, 0) is 19.1 Å². The fraction of sp³-hybridized carbons (Fsp3) is 0.167. The van der Waals surface area contributed by atoms with Gasteiger partial charge in [0.1, 0.15) is 12.1 Å². The van der Waals surface area contributed by atoms with E-state index in [1.807, 2.05) is 91.0 Å². The highest BCUT2D eigenvalue weighted by Gasteiger charge is 2.46. The molecular formula is C36H32N2O5S. The zero-order valence-electron chi connectivity index (χ0n) is 24.2. The molecule has 0 radical (unpaired) electrons. The Morgan fingerprint density at radius 3 is 1.64 bits per heavy atom. The molecule has 5 rings (SSSR count). The molecule has 44 heavy (non-hydrogen) atoms. The van der Waals surface area contributed by atoms with E-state index in [-0.39, 0.29) is 23.3 Å². The second-order valence-electron chi connectivity index (χ2n) is 10.2. The van der Waals surface area contributed by atoms with Gasteiger partial charge >= 0.3 is 5.97 Å². The molecule has 4 aromatic rings. The first-order chi connectivity index (χ1) is 21.4. The standard InChI is InChI=1S/C36H32N2O5S/c1-3-15-30(35(42)43-2)37-32(39)31(38-33(40)28-22-13-14-23-29(28)34(38)41)24-44-36(25-16-7-4-8-17-25,26-18-9-5-10-19-26)27-20-11-6-12-21-27/h3-14,16-23,30-31H,1,15,24H2,2H3,(H,37,39)/t30-,31-/m0/s1. The topological polar surface area (TPSA) is 92.8 Å². The number of hydrogen-bond donors (Lipinski definition) is 1. The SMILES string of the molecule is C=CC[C@H](NC(=O)[C@H](CSC(c1ccccc1)(c1ccccc1)c1ccccc1)N1C(=O)c2ccccc2C1=O)C(=O)OC. The second-order valence-corrected chi connectivity index (χ2v) is 11.5. The van der Waals surface area contributed by atoms with Gasteiger partial charge in [0, 0.05) is 5.75 Å². The number of benzene rings is 4. The smallest absolute Gasteiger partial charge is 0.328 e. The molecule has 2 atom stereocenters. The van der Waals surface area contributed by atoms with Crippen LogP contribution in [-0.4, -0.2) is 53.5 Å². The highest BCUT2D eigenvalue weighted by atomic mass is 32.2. The number of rotatable bonds is 12. The van der Waals surface area contributed by atoms with Crippen LogP contribution in [0.25, 0.3) is 0 Å². The van der Waals surface area contributed by atoms with Crippen LogP contribution >= 0.6 is 11.8 Å². The van der Waals surface area contributed by atoms with Crippen LogP contribution < -0.4 is 5.32 Å². The van der Waals surface area contributed by atoms with E-state index in [9.17, 15) is 19.2 Å². The van der Waals surface area contributed by atoms with E-state index in [1.165, 1.54) is 24.9 Å². The van der Waals surface area contributed by atoms with E-state index >= 15 is 0 Å². The number of carbonyl (C=O) groups excluding carboxylic acids is 4. The predicted octanol–water partition coefficient (Wildman–Crippen LogP) is 5.61. The third-order valence-corrected chi connectivity index (χ3v) is 9.27. The van der Waals surface area contributed by atoms with Crippen molar-refractivity contribution in [1.29, 1.82) is 0 Å². The monoisotopic (exact) mass is 604 g/mol. The molecule has 3 amide bonds. The normalized spacial score (nSPS) is 14.0. The molecule has 8 heteroatoms. The first kappa shape index (κ1) is 30.5. The lowest BCUT2D eigenvalue weighted by molar-refractivity contribution is -0.145. The fourth-order valence-electron chi connectivity index (χ4n) is 5.52. The van der Waals surface area contributed by atoms with E-state index in [0.717, 1.165) is 21.6 Å². The number of nitrogens with zero attached hydrogens (tertiary/aromatic N) is 1. The largest absolute Gasteiger partial charge is 0.467 e. The van der Waals surface area contributed by atoms with Crippen LogP contribution in [0.2, 0.25) is 0 Å². The Morgan fingerprint density at radius 1 is 0.795 bits per heavy atom. The Kier molecular flexibility index (Phi) is 9.41. The molecule has 1 aliphatic rings. The summed E-state index contributed by atoms with van der Waals surface area (Å²) >= 11 is 1.45. The van der Waals surface area contributed by atoms with Crippen LogP contribution in [0.3, 0.4) is 0 Å². The number of thioether (sulfide) groups is 1. The average Bonchev–Trinajstić information content (AvgIpc) is 3.32. The fourth-order valence-corrected chi connectivity index (χ4v) is 7.14. The number of nitrogens with one attached hydrogen (secondary N) is 1. The number of esters is 1. The van der Waals surface area contributed by atoms with Gasteiger partial charge in [-0.05, 0) is 35.2 Å². The highest BCUT2D eigenvalue weighted by molar-refractivity contribution is 8.00. The van der Waals surface area contributed by atoms with Gasteiger partial charge < -0.3 is 10.1 Å². The number of hydrogen-bond acceptors (Lipinski definition) is 6. The van der Waals surface area contributed by atoms with Gasteiger partial charge in [0.25, 0.3) is 11.8 Å². The molecule has 0 bridgehead atoms. The van der Waals surface area contributed by atoms with Gasteiger partial charge in [-0.3, -0.25) is 19.3 Å².